The molecule has 0 fully saturated rings. The summed E-state index contributed by atoms with van der Waals surface area (Å²) in [6.07, 6.45) is 84.9. The van der Waals surface area contributed by atoms with Crippen LogP contribution in [0.3, 0.4) is 0 Å². The lowest BCUT2D eigenvalue weighted by atomic mass is 10.0. The van der Waals surface area contributed by atoms with Crippen LogP contribution in [0.15, 0.2) is 36.5 Å². The Bertz CT molecular complexity index is 1320. The average molecular weight is 1110 g/mol. The lowest BCUT2D eigenvalue weighted by molar-refractivity contribution is -0.167. The van der Waals surface area contributed by atoms with Crippen molar-refractivity contribution in [2.75, 3.05) is 13.2 Å². The smallest absolute Gasteiger partial charge is 0.306 e. The van der Waals surface area contributed by atoms with Crippen molar-refractivity contribution in [1.29, 1.82) is 0 Å². The predicted octanol–water partition coefficient (Wildman–Crippen LogP) is 24.3. The Labute approximate surface area is 493 Å². The van der Waals surface area contributed by atoms with Crippen LogP contribution in [0.2, 0.25) is 0 Å². The van der Waals surface area contributed by atoms with Gasteiger partial charge in [0.15, 0.2) is 6.10 Å². The monoisotopic (exact) mass is 1110 g/mol. The van der Waals surface area contributed by atoms with Gasteiger partial charge in [-0.2, -0.15) is 0 Å². The van der Waals surface area contributed by atoms with Gasteiger partial charge in [0.25, 0.3) is 0 Å². The van der Waals surface area contributed by atoms with E-state index in [0.29, 0.717) is 19.3 Å². The minimum atomic E-state index is -0.781. The Morgan fingerprint density at radius 3 is 0.759 bits per heavy atom. The van der Waals surface area contributed by atoms with E-state index < -0.39 is 6.10 Å². The van der Waals surface area contributed by atoms with E-state index in [1.54, 1.807) is 0 Å². The summed E-state index contributed by atoms with van der Waals surface area (Å²) < 4.78 is 16.9. The number of hydrogen-bond donors (Lipinski definition) is 0. The van der Waals surface area contributed by atoms with Gasteiger partial charge in [-0.3, -0.25) is 14.4 Å². The molecule has 0 heterocycles. The Morgan fingerprint density at radius 2 is 0.481 bits per heavy atom. The normalized spacial score (nSPS) is 12.2. The van der Waals surface area contributed by atoms with Gasteiger partial charge < -0.3 is 14.2 Å². The lowest BCUT2D eigenvalue weighted by Crippen LogP contribution is -2.30. The van der Waals surface area contributed by atoms with Crippen LogP contribution in [0.1, 0.15) is 393 Å². The molecule has 0 aliphatic carbocycles. The van der Waals surface area contributed by atoms with Crippen molar-refractivity contribution in [3.63, 3.8) is 0 Å². The molecule has 0 amide bonds. The molecule has 1 unspecified atom stereocenters. The molecule has 0 aromatic heterocycles. The molecular formula is C73H136O6. The maximum absolute atomic E-state index is 12.9. The summed E-state index contributed by atoms with van der Waals surface area (Å²) >= 11 is 0. The van der Waals surface area contributed by atoms with Gasteiger partial charge in [-0.15, -0.1) is 0 Å². The second-order valence-corrected chi connectivity index (χ2v) is 24.1. The minimum Gasteiger partial charge on any atom is -0.462 e. The summed E-state index contributed by atoms with van der Waals surface area (Å²) in [5, 5.41) is 0. The first kappa shape index (κ1) is 76.6. The van der Waals surface area contributed by atoms with Crippen LogP contribution in [0.5, 0.6) is 0 Å². The fraction of sp³-hybridized carbons (Fsp3) is 0.877. The van der Waals surface area contributed by atoms with Gasteiger partial charge in [0.1, 0.15) is 13.2 Å². The molecule has 0 aliphatic heterocycles. The highest BCUT2D eigenvalue weighted by Gasteiger charge is 2.19. The fourth-order valence-corrected chi connectivity index (χ4v) is 10.8. The molecule has 464 valence electrons. The van der Waals surface area contributed by atoms with E-state index in [1.807, 2.05) is 0 Å². The summed E-state index contributed by atoms with van der Waals surface area (Å²) in [6.45, 7) is 6.61. The molecule has 1 atom stereocenters. The molecule has 0 bridgehead atoms. The number of ether oxygens (including phenoxy) is 3. The first-order valence-corrected chi connectivity index (χ1v) is 35.5. The van der Waals surface area contributed by atoms with Gasteiger partial charge in [-0.1, -0.05) is 340 Å². The van der Waals surface area contributed by atoms with Crippen molar-refractivity contribution in [3.8, 4) is 0 Å². The molecule has 0 aromatic carbocycles. The highest BCUT2D eigenvalue weighted by molar-refractivity contribution is 5.71. The molecule has 0 N–H and O–H groups in total. The molecule has 79 heavy (non-hydrogen) atoms. The highest BCUT2D eigenvalue weighted by Crippen LogP contribution is 2.19. The van der Waals surface area contributed by atoms with E-state index in [1.165, 1.54) is 263 Å². The zero-order chi connectivity index (χ0) is 57.1. The highest BCUT2D eigenvalue weighted by atomic mass is 16.6. The van der Waals surface area contributed by atoms with E-state index in [2.05, 4.69) is 57.2 Å². The SMILES string of the molecule is CCC/C=C\C/C=C\CCCCCCCC(=O)OCC(COC(=O)CCCCCCCCCCCCCCCCCCCCCCCCCCCCCCCCCCCC)OC(=O)CCCCCCC/C=C\CCCCCCC. The first-order valence-electron chi connectivity index (χ1n) is 35.5. The summed E-state index contributed by atoms with van der Waals surface area (Å²) in [4.78, 5) is 38.3. The molecule has 0 rings (SSSR count). The lowest BCUT2D eigenvalue weighted by Gasteiger charge is -2.18. The Morgan fingerprint density at radius 1 is 0.253 bits per heavy atom. The van der Waals surface area contributed by atoms with Crippen molar-refractivity contribution in [1.82, 2.24) is 0 Å². The number of rotatable bonds is 66. The van der Waals surface area contributed by atoms with Gasteiger partial charge in [0, 0.05) is 19.3 Å². The van der Waals surface area contributed by atoms with Crippen molar-refractivity contribution >= 4 is 17.9 Å². The van der Waals surface area contributed by atoms with Crippen molar-refractivity contribution in [2.24, 2.45) is 0 Å². The standard InChI is InChI=1S/C73H136O6/c1-4-7-10-13-16-19-22-25-27-28-29-30-31-32-33-34-35-36-37-38-39-40-41-42-43-44-45-46-49-51-54-57-60-63-66-72(75)78-69-70(68-77-71(74)65-62-59-56-53-50-47-24-21-18-15-12-9-6-3)79-73(76)67-64-61-58-55-52-48-26-23-20-17-14-11-8-5-2/h12,15,21,23-24,26,70H,4-11,13-14,16-20,22,25,27-69H2,1-3H3/b15-12-,24-21-,26-23-. The van der Waals surface area contributed by atoms with E-state index in [-0.39, 0.29) is 31.1 Å². The van der Waals surface area contributed by atoms with Crippen molar-refractivity contribution in [2.45, 2.75) is 399 Å². The average Bonchev–Trinajstić information content (AvgIpc) is 3.45. The molecular weight excluding hydrogens is 973 g/mol. The molecule has 0 aliphatic rings. The van der Waals surface area contributed by atoms with Gasteiger partial charge in [-0.05, 0) is 70.6 Å². The van der Waals surface area contributed by atoms with Crippen LogP contribution in [0, 0.1) is 0 Å². The molecule has 0 saturated heterocycles. The predicted molar refractivity (Wildman–Crippen MR) is 344 cm³/mol. The fourth-order valence-electron chi connectivity index (χ4n) is 10.8. The van der Waals surface area contributed by atoms with Crippen LogP contribution in [-0.4, -0.2) is 37.2 Å². The third kappa shape index (κ3) is 66.3. The van der Waals surface area contributed by atoms with Crippen molar-refractivity contribution < 1.29 is 28.6 Å². The second kappa shape index (κ2) is 68.1. The summed E-state index contributed by atoms with van der Waals surface area (Å²) in [5.74, 6) is -0.877. The number of carbonyl (C=O) groups excluding carboxylic acids is 3. The van der Waals surface area contributed by atoms with E-state index in [9.17, 15) is 14.4 Å². The summed E-state index contributed by atoms with van der Waals surface area (Å²) in [7, 11) is 0. The third-order valence-corrected chi connectivity index (χ3v) is 16.1. The zero-order valence-corrected chi connectivity index (χ0v) is 53.4. The van der Waals surface area contributed by atoms with Gasteiger partial charge >= 0.3 is 17.9 Å². The Kier molecular flexibility index (Phi) is 66.1. The minimum absolute atomic E-state index is 0.0761. The van der Waals surface area contributed by atoms with Crippen LogP contribution in [0.4, 0.5) is 0 Å². The van der Waals surface area contributed by atoms with Crippen LogP contribution in [-0.2, 0) is 28.6 Å². The molecule has 0 spiro atoms. The molecule has 6 nitrogen and oxygen atoms in total. The number of hydrogen-bond acceptors (Lipinski definition) is 6. The maximum atomic E-state index is 12.9. The van der Waals surface area contributed by atoms with E-state index in [4.69, 9.17) is 14.2 Å². The van der Waals surface area contributed by atoms with Gasteiger partial charge in [0.05, 0.1) is 0 Å². The van der Waals surface area contributed by atoms with Crippen LogP contribution in [0.25, 0.3) is 0 Å². The Hall–Kier alpha value is -2.37. The maximum Gasteiger partial charge on any atom is 0.306 e. The number of allylic oxidation sites excluding steroid dienone is 6. The topological polar surface area (TPSA) is 78.9 Å². The van der Waals surface area contributed by atoms with Gasteiger partial charge in [0.2, 0.25) is 0 Å². The third-order valence-electron chi connectivity index (χ3n) is 16.1. The molecule has 0 aromatic rings. The second-order valence-electron chi connectivity index (χ2n) is 24.1. The first-order chi connectivity index (χ1) is 39.0. The largest absolute Gasteiger partial charge is 0.462 e. The molecule has 0 saturated carbocycles. The zero-order valence-electron chi connectivity index (χ0n) is 53.4. The Balaban J connectivity index is 4.04. The summed E-state index contributed by atoms with van der Waals surface area (Å²) in [5.41, 5.74) is 0. The van der Waals surface area contributed by atoms with Crippen LogP contribution >= 0.6 is 0 Å². The summed E-state index contributed by atoms with van der Waals surface area (Å²) in [6, 6.07) is 0. The van der Waals surface area contributed by atoms with Gasteiger partial charge in [-0.25, -0.2) is 0 Å². The van der Waals surface area contributed by atoms with E-state index >= 15 is 0 Å². The van der Waals surface area contributed by atoms with E-state index in [0.717, 1.165) is 89.9 Å². The number of esters is 3. The molecule has 6 heteroatoms. The quantitative estimate of drug-likeness (QED) is 0.0261. The van der Waals surface area contributed by atoms with Crippen LogP contribution < -0.4 is 0 Å². The molecule has 0 radical (unpaired) electrons. The number of carbonyl (C=O) groups is 3. The number of unbranched alkanes of at least 4 members (excludes halogenated alkanes) is 49. The van der Waals surface area contributed by atoms with Crippen molar-refractivity contribution in [3.05, 3.63) is 36.5 Å².